The molecule has 0 saturated carbocycles. The lowest BCUT2D eigenvalue weighted by Crippen LogP contribution is -2.35. The monoisotopic (exact) mass is 273 g/mol. The molecule has 0 saturated heterocycles. The van der Waals surface area contributed by atoms with Gasteiger partial charge in [0.2, 0.25) is 10.0 Å². The Balaban J connectivity index is 2.98. The number of hydrogen-bond donors (Lipinski definition) is 2. The molecule has 0 aromatic heterocycles. The summed E-state index contributed by atoms with van der Waals surface area (Å²) in [5.41, 5.74) is 1.47. The van der Waals surface area contributed by atoms with E-state index < -0.39 is 10.0 Å². The molecule has 0 aliphatic rings. The third-order valence-corrected chi connectivity index (χ3v) is 4.16. The zero-order valence-electron chi connectivity index (χ0n) is 10.8. The van der Waals surface area contributed by atoms with E-state index in [-0.39, 0.29) is 17.5 Å². The minimum absolute atomic E-state index is 0.153. The van der Waals surface area contributed by atoms with Crippen LogP contribution in [-0.4, -0.2) is 33.3 Å². The molecule has 6 heteroatoms. The summed E-state index contributed by atoms with van der Waals surface area (Å²) in [7, 11) is -2.06. The number of rotatable bonds is 6. The van der Waals surface area contributed by atoms with Crippen LogP contribution in [0.1, 0.15) is 18.1 Å². The molecular formula is C12H19NO4S. The summed E-state index contributed by atoms with van der Waals surface area (Å²) in [4.78, 5) is 0.153. The third kappa shape index (κ3) is 3.78. The van der Waals surface area contributed by atoms with Gasteiger partial charge in [0.1, 0.15) is 0 Å². The van der Waals surface area contributed by atoms with Gasteiger partial charge in [-0.15, -0.1) is 0 Å². The van der Waals surface area contributed by atoms with Gasteiger partial charge < -0.3 is 9.84 Å². The highest BCUT2D eigenvalue weighted by Crippen LogP contribution is 2.15. The maximum absolute atomic E-state index is 12.0. The highest BCUT2D eigenvalue weighted by molar-refractivity contribution is 7.89. The Morgan fingerprint density at radius 2 is 2.11 bits per heavy atom. The molecule has 1 aromatic rings. The minimum atomic E-state index is -3.57. The highest BCUT2D eigenvalue weighted by atomic mass is 32.2. The molecule has 2 N–H and O–H groups in total. The van der Waals surface area contributed by atoms with Crippen LogP contribution in [-0.2, 0) is 21.4 Å². The average Bonchev–Trinajstić information content (AvgIpc) is 2.28. The van der Waals surface area contributed by atoms with Crippen molar-refractivity contribution in [3.63, 3.8) is 0 Å². The molecule has 1 atom stereocenters. The maximum atomic E-state index is 12.0. The highest BCUT2D eigenvalue weighted by Gasteiger charge is 2.18. The minimum Gasteiger partial charge on any atom is -0.392 e. The summed E-state index contributed by atoms with van der Waals surface area (Å²) in [6.45, 7) is 3.67. The lowest BCUT2D eigenvalue weighted by atomic mass is 10.1. The van der Waals surface area contributed by atoms with E-state index in [1.54, 1.807) is 13.0 Å². The van der Waals surface area contributed by atoms with Gasteiger partial charge in [0, 0.05) is 13.2 Å². The normalized spacial score (nSPS) is 13.6. The first-order chi connectivity index (χ1) is 8.40. The number of benzene rings is 1. The van der Waals surface area contributed by atoms with Crippen LogP contribution < -0.4 is 4.72 Å². The van der Waals surface area contributed by atoms with Gasteiger partial charge in [-0.1, -0.05) is 6.07 Å². The van der Waals surface area contributed by atoms with Crippen molar-refractivity contribution in [2.45, 2.75) is 31.4 Å². The van der Waals surface area contributed by atoms with Crippen molar-refractivity contribution >= 4 is 10.0 Å². The molecule has 5 nitrogen and oxygen atoms in total. The van der Waals surface area contributed by atoms with Crippen molar-refractivity contribution in [3.8, 4) is 0 Å². The summed E-state index contributed by atoms with van der Waals surface area (Å²) in [6, 6.07) is 4.38. The van der Waals surface area contributed by atoms with Gasteiger partial charge in [-0.05, 0) is 37.1 Å². The van der Waals surface area contributed by atoms with Crippen LogP contribution in [0, 0.1) is 6.92 Å². The molecular weight excluding hydrogens is 254 g/mol. The fourth-order valence-electron chi connectivity index (χ4n) is 1.60. The largest absolute Gasteiger partial charge is 0.392 e. The summed E-state index contributed by atoms with van der Waals surface area (Å²) < 4.78 is 31.5. The number of ether oxygens (including phenoxy) is 1. The van der Waals surface area contributed by atoms with Gasteiger partial charge >= 0.3 is 0 Å². The van der Waals surface area contributed by atoms with Gasteiger partial charge in [-0.3, -0.25) is 0 Å². The molecule has 0 bridgehead atoms. The van der Waals surface area contributed by atoms with Crippen molar-refractivity contribution in [2.75, 3.05) is 13.7 Å². The Morgan fingerprint density at radius 3 is 2.67 bits per heavy atom. The summed E-state index contributed by atoms with van der Waals surface area (Å²) >= 11 is 0. The van der Waals surface area contributed by atoms with E-state index in [1.165, 1.54) is 19.2 Å². The lowest BCUT2D eigenvalue weighted by molar-refractivity contribution is 0.180. The third-order valence-electron chi connectivity index (χ3n) is 2.57. The van der Waals surface area contributed by atoms with Gasteiger partial charge in [-0.2, -0.15) is 0 Å². The molecule has 0 amide bonds. The number of aliphatic hydroxyl groups excluding tert-OH is 1. The molecule has 0 aliphatic carbocycles. The first-order valence-corrected chi connectivity index (χ1v) is 7.10. The Hall–Kier alpha value is -0.950. The Labute approximate surface area is 108 Å². The quantitative estimate of drug-likeness (QED) is 0.804. The van der Waals surface area contributed by atoms with Crippen molar-refractivity contribution in [1.29, 1.82) is 0 Å². The average molecular weight is 273 g/mol. The van der Waals surface area contributed by atoms with Crippen LogP contribution in [0.4, 0.5) is 0 Å². The fraction of sp³-hybridized carbons (Fsp3) is 0.500. The van der Waals surface area contributed by atoms with Crippen molar-refractivity contribution in [1.82, 2.24) is 4.72 Å². The summed E-state index contributed by atoms with van der Waals surface area (Å²) in [5, 5.41) is 9.14. The van der Waals surface area contributed by atoms with E-state index in [0.717, 1.165) is 5.56 Å². The first kappa shape index (κ1) is 15.1. The van der Waals surface area contributed by atoms with E-state index in [2.05, 4.69) is 4.72 Å². The fourth-order valence-corrected chi connectivity index (χ4v) is 2.88. The standard InChI is InChI=1S/C12H19NO4S/c1-9-4-5-12(6-11(9)7-14)18(15,16)13-10(2)8-17-3/h4-6,10,13-14H,7-8H2,1-3H3. The molecule has 102 valence electrons. The number of aliphatic hydroxyl groups is 1. The second-order valence-electron chi connectivity index (χ2n) is 4.22. The second kappa shape index (κ2) is 6.29. The summed E-state index contributed by atoms with van der Waals surface area (Å²) in [5.74, 6) is 0. The molecule has 18 heavy (non-hydrogen) atoms. The van der Waals surface area contributed by atoms with Gasteiger partial charge in [0.05, 0.1) is 18.1 Å². The predicted molar refractivity (Wildman–Crippen MR) is 68.8 cm³/mol. The van der Waals surface area contributed by atoms with Crippen LogP contribution in [0.25, 0.3) is 0 Å². The predicted octanol–water partition coefficient (Wildman–Crippen LogP) is 0.801. The van der Waals surface area contributed by atoms with Crippen LogP contribution >= 0.6 is 0 Å². The maximum Gasteiger partial charge on any atom is 0.240 e. The van der Waals surface area contributed by atoms with E-state index in [0.29, 0.717) is 12.2 Å². The van der Waals surface area contributed by atoms with E-state index in [4.69, 9.17) is 9.84 Å². The Morgan fingerprint density at radius 1 is 1.44 bits per heavy atom. The van der Waals surface area contributed by atoms with Crippen molar-refractivity contribution < 1.29 is 18.3 Å². The van der Waals surface area contributed by atoms with Gasteiger partial charge in [-0.25, -0.2) is 13.1 Å². The second-order valence-corrected chi connectivity index (χ2v) is 5.94. The zero-order chi connectivity index (χ0) is 13.8. The molecule has 0 fully saturated rings. The van der Waals surface area contributed by atoms with Crippen LogP contribution in [0.2, 0.25) is 0 Å². The number of hydrogen-bond acceptors (Lipinski definition) is 4. The summed E-state index contributed by atoms with van der Waals surface area (Å²) in [6.07, 6.45) is 0. The number of methoxy groups -OCH3 is 1. The number of sulfonamides is 1. The molecule has 0 aliphatic heterocycles. The van der Waals surface area contributed by atoms with Crippen LogP contribution in [0.5, 0.6) is 0 Å². The van der Waals surface area contributed by atoms with Crippen molar-refractivity contribution in [2.24, 2.45) is 0 Å². The van der Waals surface area contributed by atoms with Crippen molar-refractivity contribution in [3.05, 3.63) is 29.3 Å². The van der Waals surface area contributed by atoms with E-state index in [9.17, 15) is 8.42 Å². The molecule has 1 aromatic carbocycles. The number of nitrogens with one attached hydrogen (secondary N) is 1. The van der Waals surface area contributed by atoms with Gasteiger partial charge in [0.15, 0.2) is 0 Å². The number of aryl methyl sites for hydroxylation is 1. The first-order valence-electron chi connectivity index (χ1n) is 5.62. The molecule has 0 heterocycles. The topological polar surface area (TPSA) is 75.6 Å². The molecule has 1 rings (SSSR count). The van der Waals surface area contributed by atoms with Crippen LogP contribution in [0.15, 0.2) is 23.1 Å². The molecule has 0 radical (unpaired) electrons. The SMILES string of the molecule is COCC(C)NS(=O)(=O)c1ccc(C)c(CO)c1. The van der Waals surface area contributed by atoms with E-state index in [1.807, 2.05) is 6.92 Å². The van der Waals surface area contributed by atoms with E-state index >= 15 is 0 Å². The van der Waals surface area contributed by atoms with Crippen LogP contribution in [0.3, 0.4) is 0 Å². The lowest BCUT2D eigenvalue weighted by Gasteiger charge is -2.14. The molecule has 0 spiro atoms. The zero-order valence-corrected chi connectivity index (χ0v) is 11.6. The Bertz CT molecular complexity index is 499. The van der Waals surface area contributed by atoms with Gasteiger partial charge in [0.25, 0.3) is 0 Å². The smallest absolute Gasteiger partial charge is 0.240 e. The molecule has 1 unspecified atom stereocenters. The Kier molecular flexibility index (Phi) is 5.28.